The molecule has 0 bridgehead atoms. The maximum absolute atomic E-state index is 3.69. The third kappa shape index (κ3) is 12.0. The number of hydrogen-bond acceptors (Lipinski definition) is 0. The molecule has 0 spiro atoms. The minimum atomic E-state index is 0. The number of unbranched alkanes of at least 4 members (excludes halogenated alkanes) is 1. The van der Waals surface area contributed by atoms with Crippen LogP contribution in [0, 0.1) is 19.9 Å². The molecule has 0 saturated heterocycles. The molecule has 0 aromatic heterocycles. The minimum absolute atomic E-state index is 0. The fraction of sp³-hybridized carbons (Fsp3) is 0.388. The summed E-state index contributed by atoms with van der Waals surface area (Å²) < 4.78 is 1.42. The van der Waals surface area contributed by atoms with Gasteiger partial charge in [0.15, 0.2) is 0 Å². The molecule has 0 saturated carbocycles. The van der Waals surface area contributed by atoms with E-state index in [4.69, 9.17) is 0 Å². The van der Waals surface area contributed by atoms with Crippen molar-refractivity contribution in [3.63, 3.8) is 0 Å². The molecule has 0 fully saturated rings. The quantitative estimate of drug-likeness (QED) is 0.163. The van der Waals surface area contributed by atoms with E-state index >= 15 is 0 Å². The number of benzene rings is 4. The molecule has 0 nitrogen and oxygen atoms in total. The van der Waals surface area contributed by atoms with Crippen molar-refractivity contribution in [2.75, 3.05) is 0 Å². The first kappa shape index (κ1) is 45.7. The Balaban J connectivity index is 0.000000281. The average molecular weight is 811 g/mol. The Morgan fingerprint density at radius 1 is 0.692 bits per heavy atom. The van der Waals surface area contributed by atoms with Gasteiger partial charge in [-0.15, -0.1) is 16.7 Å². The number of aryl methyl sites for hydroxylation is 3. The zero-order valence-electron chi connectivity index (χ0n) is 33.8. The van der Waals surface area contributed by atoms with E-state index in [2.05, 4.69) is 186 Å². The molecule has 5 aromatic rings. The molecule has 0 heterocycles. The average Bonchev–Trinajstić information content (AvgIpc) is 3.67. The number of halogens is 2. The van der Waals surface area contributed by atoms with Gasteiger partial charge in [0.25, 0.3) is 0 Å². The van der Waals surface area contributed by atoms with E-state index in [1.54, 1.807) is 0 Å². The van der Waals surface area contributed by atoms with Crippen LogP contribution in [0.3, 0.4) is 0 Å². The standard InChI is InChI=1S/C23H29.C13H10.C13H21.2ClH.Zr/c1-14-9-16-11-17-10-15(2)21(23(6,7)8)13-19(17)18(16)12-20(14)22(3,4)5;1-3-7-12(8-4-1)11-13-9-5-2-6-10-13;1-5-6-7-11-8-9-12(10-11)13(2,3)4;;;/h9,12-13H,11H2,1-8H3;1-10H;8-10H,5-7H2,1-4H3;2*1H;/q-1;;-1;;;+2/p-2. The molecule has 0 radical (unpaired) electrons. The zero-order valence-corrected chi connectivity index (χ0v) is 37.8. The van der Waals surface area contributed by atoms with E-state index < -0.39 is 0 Å². The normalized spacial score (nSPS) is 11.8. The van der Waals surface area contributed by atoms with Crippen molar-refractivity contribution in [3.05, 3.63) is 159 Å². The van der Waals surface area contributed by atoms with Crippen LogP contribution < -0.4 is 24.8 Å². The summed E-state index contributed by atoms with van der Waals surface area (Å²) in [5.41, 5.74) is 17.6. The fourth-order valence-electron chi connectivity index (χ4n) is 6.89. The molecule has 0 atom stereocenters. The summed E-state index contributed by atoms with van der Waals surface area (Å²) in [7, 11) is 0. The van der Waals surface area contributed by atoms with Gasteiger partial charge in [0.1, 0.15) is 0 Å². The van der Waals surface area contributed by atoms with E-state index in [0.29, 0.717) is 5.41 Å². The van der Waals surface area contributed by atoms with Gasteiger partial charge in [-0.05, 0) is 35.4 Å². The van der Waals surface area contributed by atoms with E-state index in [0.717, 1.165) is 6.42 Å². The second kappa shape index (κ2) is 19.2. The fourth-order valence-corrected chi connectivity index (χ4v) is 7.71. The van der Waals surface area contributed by atoms with Crippen molar-refractivity contribution >= 4 is 3.21 Å². The van der Waals surface area contributed by atoms with Gasteiger partial charge >= 0.3 is 99.2 Å². The van der Waals surface area contributed by atoms with Gasteiger partial charge in [-0.2, -0.15) is 41.0 Å². The van der Waals surface area contributed by atoms with E-state index in [1.807, 2.05) is 0 Å². The molecule has 5 aromatic carbocycles. The van der Waals surface area contributed by atoms with Crippen LogP contribution in [0.15, 0.2) is 97.1 Å². The summed E-state index contributed by atoms with van der Waals surface area (Å²) in [4.78, 5) is 0. The molecule has 0 amide bonds. The van der Waals surface area contributed by atoms with E-state index in [-0.39, 0.29) is 35.6 Å². The first-order valence-electron chi connectivity index (χ1n) is 18.6. The van der Waals surface area contributed by atoms with Crippen molar-refractivity contribution in [3.8, 4) is 11.1 Å². The Bertz CT molecular complexity index is 1770. The van der Waals surface area contributed by atoms with Gasteiger partial charge in [-0.25, -0.2) is 6.07 Å². The Morgan fingerprint density at radius 2 is 1.21 bits per heavy atom. The zero-order chi connectivity index (χ0) is 36.9. The van der Waals surface area contributed by atoms with Crippen LogP contribution in [0.2, 0.25) is 0 Å². The van der Waals surface area contributed by atoms with Gasteiger partial charge in [0, 0.05) is 0 Å². The van der Waals surface area contributed by atoms with Crippen LogP contribution in [-0.4, -0.2) is 3.21 Å². The van der Waals surface area contributed by atoms with Crippen LogP contribution in [0.25, 0.3) is 11.1 Å². The Hall–Kier alpha value is -2.44. The van der Waals surface area contributed by atoms with Crippen molar-refractivity contribution in [2.24, 2.45) is 0 Å². The Morgan fingerprint density at radius 3 is 1.67 bits per heavy atom. The van der Waals surface area contributed by atoms with Gasteiger partial charge in [0.05, 0.1) is 0 Å². The van der Waals surface area contributed by atoms with Crippen LogP contribution >= 0.6 is 0 Å². The summed E-state index contributed by atoms with van der Waals surface area (Å²) in [6.07, 6.45) is 4.87. The molecule has 52 heavy (non-hydrogen) atoms. The van der Waals surface area contributed by atoms with Gasteiger partial charge in [-0.3, -0.25) is 0 Å². The van der Waals surface area contributed by atoms with Crippen molar-refractivity contribution in [2.45, 2.75) is 125 Å². The molecule has 1 aliphatic rings. The molecule has 1 aliphatic carbocycles. The van der Waals surface area contributed by atoms with Crippen LogP contribution in [-0.2, 0) is 53.3 Å². The molecule has 0 N–H and O–H groups in total. The second-order valence-corrected chi connectivity index (χ2v) is 18.4. The van der Waals surface area contributed by atoms with Gasteiger partial charge in [-0.1, -0.05) is 124 Å². The van der Waals surface area contributed by atoms with E-state index in [1.165, 1.54) is 113 Å². The Labute approximate surface area is 344 Å². The predicted molar refractivity (Wildman–Crippen MR) is 216 cm³/mol. The third-order valence-electron chi connectivity index (χ3n) is 9.71. The summed E-state index contributed by atoms with van der Waals surface area (Å²) in [5.74, 6) is 0. The molecule has 0 aliphatic heterocycles. The maximum atomic E-state index is 3.69. The summed E-state index contributed by atoms with van der Waals surface area (Å²) in [6.45, 7) is 27.3. The SMILES string of the molecule is CCCCc1cc(C(C)(C)C)c[cH-]1.Cc1[c-]c2c(cc1C(C)(C)C)-c1cc(C(C)(C)C)c(C)cc1C2.[Cl-].[Cl-].[Zr+2]=[C](c1ccccc1)c1ccccc1. The molecule has 0 unspecified atom stereocenters. The molecule has 3 heteroatoms. The number of hydrogen-bond donors (Lipinski definition) is 0. The molecular formula is C49H60Cl2Zr-2. The topological polar surface area (TPSA) is 0 Å². The molecular weight excluding hydrogens is 751 g/mol. The van der Waals surface area contributed by atoms with Gasteiger partial charge in [0.2, 0.25) is 0 Å². The van der Waals surface area contributed by atoms with E-state index in [9.17, 15) is 0 Å². The molecule has 276 valence electrons. The number of rotatable bonds is 5. The second-order valence-electron chi connectivity index (χ2n) is 17.2. The van der Waals surface area contributed by atoms with Gasteiger partial charge < -0.3 is 24.8 Å². The first-order valence-corrected chi connectivity index (χ1v) is 19.8. The van der Waals surface area contributed by atoms with Crippen LogP contribution in [0.4, 0.5) is 0 Å². The first-order chi connectivity index (χ1) is 23.4. The molecule has 6 rings (SSSR count). The summed E-state index contributed by atoms with van der Waals surface area (Å²) in [5, 5.41) is 0. The Kier molecular flexibility index (Phi) is 16.9. The third-order valence-corrected chi connectivity index (χ3v) is 11.1. The summed E-state index contributed by atoms with van der Waals surface area (Å²) >= 11 is 1.46. The van der Waals surface area contributed by atoms with Crippen molar-refractivity contribution in [1.29, 1.82) is 0 Å². The predicted octanol–water partition coefficient (Wildman–Crippen LogP) is 7.13. The van der Waals surface area contributed by atoms with Crippen LogP contribution in [0.1, 0.15) is 138 Å². The van der Waals surface area contributed by atoms with Crippen molar-refractivity contribution < 1.29 is 49.0 Å². The monoisotopic (exact) mass is 808 g/mol. The van der Waals surface area contributed by atoms with Crippen molar-refractivity contribution in [1.82, 2.24) is 0 Å². The van der Waals surface area contributed by atoms with Crippen LogP contribution in [0.5, 0.6) is 0 Å². The summed E-state index contributed by atoms with van der Waals surface area (Å²) in [6, 6.07) is 39.0. The number of fused-ring (bicyclic) bond motifs is 3.